The van der Waals surface area contributed by atoms with Crippen molar-refractivity contribution in [2.45, 2.75) is 39.7 Å². The van der Waals surface area contributed by atoms with Crippen LogP contribution in [0.2, 0.25) is 0 Å². The number of imidazole rings is 1. The molecule has 1 aromatic heterocycles. The van der Waals surface area contributed by atoms with E-state index >= 15 is 0 Å². The molecule has 1 atom stereocenters. The normalized spacial score (nSPS) is 19.9. The summed E-state index contributed by atoms with van der Waals surface area (Å²) in [4.78, 5) is 7.77. The van der Waals surface area contributed by atoms with Crippen LogP contribution >= 0.6 is 0 Å². The van der Waals surface area contributed by atoms with Crippen molar-refractivity contribution in [3.8, 4) is 0 Å². The van der Waals surface area contributed by atoms with Gasteiger partial charge in [-0.2, -0.15) is 0 Å². The molecule has 1 aliphatic heterocycles. The molecule has 94 valence electrons. The lowest BCUT2D eigenvalue weighted by Crippen LogP contribution is -2.22. The second kappa shape index (κ2) is 6.40. The van der Waals surface area contributed by atoms with Crippen molar-refractivity contribution in [3.63, 3.8) is 0 Å². The molecule has 0 saturated carbocycles. The maximum atomic E-state index is 4.54. The molecular weight excluding hydrogens is 210 g/mol. The van der Waals surface area contributed by atoms with Crippen molar-refractivity contribution in [3.05, 3.63) is 28.7 Å². The van der Waals surface area contributed by atoms with Gasteiger partial charge in [0.1, 0.15) is 5.82 Å². The first-order chi connectivity index (χ1) is 8.16. The van der Waals surface area contributed by atoms with Crippen LogP contribution in [0.15, 0.2) is 12.2 Å². The van der Waals surface area contributed by atoms with Crippen LogP contribution in [-0.4, -0.2) is 16.5 Å². The topological polar surface area (TPSA) is 40.7 Å². The molecule has 0 spiro atoms. The van der Waals surface area contributed by atoms with E-state index in [1.54, 1.807) is 0 Å². The fourth-order valence-electron chi connectivity index (χ4n) is 1.88. The molecule has 2 rings (SSSR count). The van der Waals surface area contributed by atoms with E-state index in [2.05, 4.69) is 28.4 Å². The van der Waals surface area contributed by atoms with Crippen molar-refractivity contribution in [2.75, 3.05) is 6.54 Å². The third kappa shape index (κ3) is 3.56. The molecule has 0 amide bonds. The Balaban J connectivity index is 0.000000686. The van der Waals surface area contributed by atoms with Gasteiger partial charge < -0.3 is 10.3 Å². The Hall–Kier alpha value is -1.35. The van der Waals surface area contributed by atoms with Crippen LogP contribution in [0.5, 0.6) is 0 Å². The molecule has 0 bridgehead atoms. The number of aromatic nitrogens is 2. The Kier molecular flexibility index (Phi) is 5.16. The lowest BCUT2D eigenvalue weighted by atomic mass is 10.2. The smallest absolute Gasteiger partial charge is 0.124 e. The predicted octanol–water partition coefficient (Wildman–Crippen LogP) is 1.63. The third-order valence-corrected chi connectivity index (χ3v) is 2.60. The SMILES string of the molecule is C=C(C)/C=c1/nc(C2CCCN2)[nH]c1=C.CC. The molecule has 1 fully saturated rings. The number of allylic oxidation sites excluding steroid dienone is 1. The zero-order valence-corrected chi connectivity index (χ0v) is 11.1. The van der Waals surface area contributed by atoms with E-state index in [-0.39, 0.29) is 0 Å². The van der Waals surface area contributed by atoms with Gasteiger partial charge in [0.2, 0.25) is 0 Å². The largest absolute Gasteiger partial charge is 0.341 e. The van der Waals surface area contributed by atoms with Crippen molar-refractivity contribution >= 4 is 12.7 Å². The van der Waals surface area contributed by atoms with Gasteiger partial charge >= 0.3 is 0 Å². The number of rotatable bonds is 2. The van der Waals surface area contributed by atoms with Gasteiger partial charge in [-0.15, -0.1) is 0 Å². The van der Waals surface area contributed by atoms with Crippen LogP contribution in [0.3, 0.4) is 0 Å². The highest BCUT2D eigenvalue weighted by Crippen LogP contribution is 2.17. The van der Waals surface area contributed by atoms with Gasteiger partial charge in [-0.3, -0.25) is 0 Å². The van der Waals surface area contributed by atoms with Crippen molar-refractivity contribution in [2.24, 2.45) is 0 Å². The Morgan fingerprint density at radius 2 is 2.18 bits per heavy atom. The minimum atomic E-state index is 0.373. The Morgan fingerprint density at radius 1 is 1.47 bits per heavy atom. The van der Waals surface area contributed by atoms with Gasteiger partial charge in [0.25, 0.3) is 0 Å². The van der Waals surface area contributed by atoms with Gasteiger partial charge in [0.15, 0.2) is 0 Å². The molecule has 1 saturated heterocycles. The first-order valence-corrected chi connectivity index (χ1v) is 6.32. The van der Waals surface area contributed by atoms with Crippen molar-refractivity contribution in [1.82, 2.24) is 15.3 Å². The number of hydrogen-bond donors (Lipinski definition) is 2. The van der Waals surface area contributed by atoms with E-state index < -0.39 is 0 Å². The summed E-state index contributed by atoms with van der Waals surface area (Å²) >= 11 is 0. The fraction of sp³-hybridized carbons (Fsp3) is 0.500. The van der Waals surface area contributed by atoms with Gasteiger partial charge in [-0.25, -0.2) is 4.98 Å². The highest BCUT2D eigenvalue weighted by molar-refractivity contribution is 5.41. The zero-order chi connectivity index (χ0) is 12.8. The first kappa shape index (κ1) is 13.7. The average molecular weight is 233 g/mol. The highest BCUT2D eigenvalue weighted by atomic mass is 15.0. The van der Waals surface area contributed by atoms with Gasteiger partial charge in [-0.05, 0) is 32.4 Å². The molecule has 0 aromatic carbocycles. The van der Waals surface area contributed by atoms with E-state index in [4.69, 9.17) is 0 Å². The standard InChI is InChI=1S/C12H17N3.C2H6/c1-8(2)7-11-9(3)14-12(15-11)10-5-4-6-13-10;1-2/h7,10,13H,1,3-6H2,2H3,(H,14,15);1-2H3/b11-7+;. The molecule has 1 aromatic rings. The lowest BCUT2D eigenvalue weighted by molar-refractivity contribution is 0.611. The Labute approximate surface area is 103 Å². The number of nitrogens with one attached hydrogen (secondary N) is 2. The van der Waals surface area contributed by atoms with Crippen LogP contribution in [-0.2, 0) is 0 Å². The molecule has 1 unspecified atom stereocenters. The number of aromatic amines is 1. The molecule has 0 aliphatic carbocycles. The molecule has 3 nitrogen and oxygen atoms in total. The molecule has 3 heteroatoms. The van der Waals surface area contributed by atoms with E-state index in [0.29, 0.717) is 6.04 Å². The summed E-state index contributed by atoms with van der Waals surface area (Å²) < 4.78 is 0. The van der Waals surface area contributed by atoms with E-state index in [0.717, 1.165) is 35.1 Å². The summed E-state index contributed by atoms with van der Waals surface area (Å²) in [5.41, 5.74) is 0.998. The fourth-order valence-corrected chi connectivity index (χ4v) is 1.88. The van der Waals surface area contributed by atoms with Gasteiger partial charge in [0.05, 0.1) is 16.7 Å². The summed E-state index contributed by atoms with van der Waals surface area (Å²) in [6.45, 7) is 14.8. The summed E-state index contributed by atoms with van der Waals surface area (Å²) in [6.07, 6.45) is 4.33. The molecule has 2 N–H and O–H groups in total. The quantitative estimate of drug-likeness (QED) is 0.815. The summed E-state index contributed by atoms with van der Waals surface area (Å²) in [5, 5.41) is 5.19. The van der Waals surface area contributed by atoms with Gasteiger partial charge in [-0.1, -0.05) is 32.6 Å². The van der Waals surface area contributed by atoms with Gasteiger partial charge in [0, 0.05) is 0 Å². The van der Waals surface area contributed by atoms with E-state index in [9.17, 15) is 0 Å². The summed E-state index contributed by atoms with van der Waals surface area (Å²) in [7, 11) is 0. The predicted molar refractivity (Wildman–Crippen MR) is 74.0 cm³/mol. The molecule has 17 heavy (non-hydrogen) atoms. The highest BCUT2D eigenvalue weighted by Gasteiger charge is 2.18. The number of H-pyrrole nitrogens is 1. The molecular formula is C14H23N3. The molecule has 0 radical (unpaired) electrons. The maximum absolute atomic E-state index is 4.54. The second-order valence-corrected chi connectivity index (χ2v) is 4.13. The second-order valence-electron chi connectivity index (χ2n) is 4.13. The van der Waals surface area contributed by atoms with Crippen LogP contribution in [0.4, 0.5) is 0 Å². The first-order valence-electron chi connectivity index (χ1n) is 6.32. The van der Waals surface area contributed by atoms with E-state index in [1.165, 1.54) is 6.42 Å². The zero-order valence-electron chi connectivity index (χ0n) is 11.1. The summed E-state index contributed by atoms with van der Waals surface area (Å²) in [6, 6.07) is 0.373. The van der Waals surface area contributed by atoms with Crippen LogP contribution < -0.4 is 16.0 Å². The van der Waals surface area contributed by atoms with Crippen LogP contribution in [0.25, 0.3) is 12.7 Å². The van der Waals surface area contributed by atoms with Crippen LogP contribution in [0, 0.1) is 0 Å². The molecule has 1 aliphatic rings. The molecule has 2 heterocycles. The average Bonchev–Trinajstić information content (AvgIpc) is 2.91. The van der Waals surface area contributed by atoms with Crippen molar-refractivity contribution < 1.29 is 0 Å². The van der Waals surface area contributed by atoms with Crippen LogP contribution in [0.1, 0.15) is 45.5 Å². The third-order valence-electron chi connectivity index (χ3n) is 2.60. The lowest BCUT2D eigenvalue weighted by Gasteiger charge is -2.04. The maximum Gasteiger partial charge on any atom is 0.124 e. The minimum Gasteiger partial charge on any atom is -0.341 e. The Morgan fingerprint density at radius 3 is 2.71 bits per heavy atom. The number of hydrogen-bond acceptors (Lipinski definition) is 2. The number of nitrogens with zero attached hydrogens (tertiary/aromatic N) is 1. The van der Waals surface area contributed by atoms with Crippen molar-refractivity contribution in [1.29, 1.82) is 0 Å². The van der Waals surface area contributed by atoms with E-state index in [1.807, 2.05) is 26.8 Å². The Bertz CT molecular complexity index is 464. The summed E-state index contributed by atoms with van der Waals surface area (Å²) in [5.74, 6) is 1.00. The monoisotopic (exact) mass is 233 g/mol. The minimum absolute atomic E-state index is 0.373.